The number of halogens is 1. The normalized spacial score (nSPS) is 10.6. The van der Waals surface area contributed by atoms with Gasteiger partial charge in [-0.3, -0.25) is 0 Å². The number of benzene rings is 2. The molecule has 1 N–H and O–H groups in total. The monoisotopic (exact) mass is 273 g/mol. The zero-order valence-electron chi connectivity index (χ0n) is 11.9. The van der Waals surface area contributed by atoms with Gasteiger partial charge in [0.05, 0.1) is 0 Å². The highest BCUT2D eigenvalue weighted by Gasteiger charge is 2.01. The van der Waals surface area contributed by atoms with Gasteiger partial charge < -0.3 is 10.1 Å². The third kappa shape index (κ3) is 4.07. The fourth-order valence-electron chi connectivity index (χ4n) is 1.93. The summed E-state index contributed by atoms with van der Waals surface area (Å²) in [6.45, 7) is 6.07. The fourth-order valence-corrected chi connectivity index (χ4v) is 1.93. The van der Waals surface area contributed by atoms with Crippen LogP contribution in [0.3, 0.4) is 0 Å². The highest BCUT2D eigenvalue weighted by atomic mass is 19.1. The maximum atomic E-state index is 13.4. The first-order chi connectivity index (χ1) is 9.69. The summed E-state index contributed by atoms with van der Waals surface area (Å²) in [6, 6.07) is 13.2. The molecule has 0 saturated carbocycles. The summed E-state index contributed by atoms with van der Waals surface area (Å²) in [5.74, 6) is 0.327. The first-order valence-electron chi connectivity index (χ1n) is 6.86. The lowest BCUT2D eigenvalue weighted by molar-refractivity contribution is 0.304. The maximum Gasteiger partial charge on any atom is 0.129 e. The van der Waals surface area contributed by atoms with Crippen molar-refractivity contribution < 1.29 is 9.13 Å². The Labute approximate surface area is 119 Å². The van der Waals surface area contributed by atoms with Gasteiger partial charge in [-0.05, 0) is 36.2 Å². The summed E-state index contributed by atoms with van der Waals surface area (Å²) in [7, 11) is 0. The highest BCUT2D eigenvalue weighted by Crippen LogP contribution is 2.17. The number of hydrogen-bond donors (Lipinski definition) is 1. The van der Waals surface area contributed by atoms with Crippen LogP contribution < -0.4 is 10.1 Å². The first-order valence-corrected chi connectivity index (χ1v) is 6.86. The van der Waals surface area contributed by atoms with Crippen molar-refractivity contribution in [3.05, 3.63) is 65.0 Å². The molecule has 106 valence electrons. The molecule has 0 aliphatic rings. The molecule has 0 heterocycles. The van der Waals surface area contributed by atoms with Crippen LogP contribution in [-0.4, -0.2) is 6.54 Å². The lowest BCUT2D eigenvalue weighted by Gasteiger charge is -2.09. The van der Waals surface area contributed by atoms with Gasteiger partial charge in [0.2, 0.25) is 0 Å². The van der Waals surface area contributed by atoms with Crippen LogP contribution in [-0.2, 0) is 13.2 Å². The van der Waals surface area contributed by atoms with Crippen molar-refractivity contribution >= 4 is 0 Å². The summed E-state index contributed by atoms with van der Waals surface area (Å²) in [5, 5.41) is 3.29. The lowest BCUT2D eigenvalue weighted by atomic mass is 10.1. The first kappa shape index (κ1) is 14.5. The van der Waals surface area contributed by atoms with E-state index in [0.29, 0.717) is 17.9 Å². The molecule has 0 amide bonds. The van der Waals surface area contributed by atoms with Gasteiger partial charge in [-0.15, -0.1) is 0 Å². The van der Waals surface area contributed by atoms with Gasteiger partial charge in [0.1, 0.15) is 18.2 Å². The fraction of sp³-hybridized carbons (Fsp3) is 0.294. The Morgan fingerprint density at radius 3 is 2.65 bits per heavy atom. The Morgan fingerprint density at radius 2 is 1.90 bits per heavy atom. The van der Waals surface area contributed by atoms with Crippen molar-refractivity contribution in [3.63, 3.8) is 0 Å². The molecule has 0 radical (unpaired) electrons. The van der Waals surface area contributed by atoms with Gasteiger partial charge in [0.15, 0.2) is 0 Å². The van der Waals surface area contributed by atoms with Crippen molar-refractivity contribution in [2.45, 2.75) is 27.0 Å². The smallest absolute Gasteiger partial charge is 0.129 e. The molecule has 0 spiro atoms. The molecule has 20 heavy (non-hydrogen) atoms. The Balaban J connectivity index is 1.97. The van der Waals surface area contributed by atoms with E-state index in [4.69, 9.17) is 4.74 Å². The summed E-state index contributed by atoms with van der Waals surface area (Å²) < 4.78 is 19.0. The van der Waals surface area contributed by atoms with Crippen LogP contribution in [0, 0.1) is 12.7 Å². The number of aryl methyl sites for hydroxylation is 1. The molecule has 0 atom stereocenters. The van der Waals surface area contributed by atoms with Gasteiger partial charge >= 0.3 is 0 Å². The van der Waals surface area contributed by atoms with Gasteiger partial charge in [0, 0.05) is 12.6 Å². The van der Waals surface area contributed by atoms with E-state index in [9.17, 15) is 4.39 Å². The van der Waals surface area contributed by atoms with Crippen molar-refractivity contribution in [1.82, 2.24) is 5.32 Å². The second-order valence-corrected chi connectivity index (χ2v) is 4.80. The Morgan fingerprint density at radius 1 is 1.10 bits per heavy atom. The van der Waals surface area contributed by atoms with E-state index >= 15 is 0 Å². The highest BCUT2D eigenvalue weighted by molar-refractivity contribution is 5.29. The SMILES string of the molecule is CCNCc1cccc(COc2ccc(C)c(F)c2)c1. The van der Waals surface area contributed by atoms with E-state index in [1.807, 2.05) is 12.1 Å². The van der Waals surface area contributed by atoms with E-state index in [1.165, 1.54) is 11.6 Å². The minimum absolute atomic E-state index is 0.233. The van der Waals surface area contributed by atoms with E-state index in [0.717, 1.165) is 18.7 Å². The second kappa shape index (κ2) is 7.06. The molecule has 0 aliphatic carbocycles. The lowest BCUT2D eigenvalue weighted by Crippen LogP contribution is -2.11. The molecule has 0 unspecified atom stereocenters. The van der Waals surface area contributed by atoms with Crippen molar-refractivity contribution in [1.29, 1.82) is 0 Å². The van der Waals surface area contributed by atoms with Gasteiger partial charge in [0.25, 0.3) is 0 Å². The third-order valence-electron chi connectivity index (χ3n) is 3.12. The summed E-state index contributed by atoms with van der Waals surface area (Å²) in [6.07, 6.45) is 0. The summed E-state index contributed by atoms with van der Waals surface area (Å²) in [4.78, 5) is 0. The Kier molecular flexibility index (Phi) is 5.13. The predicted octanol–water partition coefficient (Wildman–Crippen LogP) is 3.82. The average molecular weight is 273 g/mol. The van der Waals surface area contributed by atoms with E-state index in [-0.39, 0.29) is 5.82 Å². The molecule has 0 aromatic heterocycles. The minimum atomic E-state index is -0.233. The van der Waals surface area contributed by atoms with E-state index in [2.05, 4.69) is 24.4 Å². The van der Waals surface area contributed by atoms with Crippen LogP contribution >= 0.6 is 0 Å². The number of rotatable bonds is 6. The predicted molar refractivity (Wildman–Crippen MR) is 79.3 cm³/mol. The third-order valence-corrected chi connectivity index (χ3v) is 3.12. The van der Waals surface area contributed by atoms with Gasteiger partial charge in [-0.2, -0.15) is 0 Å². The Bertz CT molecular complexity index is 569. The van der Waals surface area contributed by atoms with Crippen molar-refractivity contribution in [2.75, 3.05) is 6.54 Å². The molecule has 2 nitrogen and oxygen atoms in total. The standard InChI is InChI=1S/C17H20FNO/c1-3-19-11-14-5-4-6-15(9-14)12-20-16-8-7-13(2)17(18)10-16/h4-10,19H,3,11-12H2,1-2H3. The molecule has 3 heteroatoms. The molecule has 2 aromatic carbocycles. The Hall–Kier alpha value is -1.87. The molecule has 0 saturated heterocycles. The maximum absolute atomic E-state index is 13.4. The quantitative estimate of drug-likeness (QED) is 0.864. The molecular formula is C17H20FNO. The topological polar surface area (TPSA) is 21.3 Å². The molecule has 2 aromatic rings. The number of hydrogen-bond acceptors (Lipinski definition) is 2. The van der Waals surface area contributed by atoms with Crippen molar-refractivity contribution in [3.8, 4) is 5.75 Å². The zero-order valence-corrected chi connectivity index (χ0v) is 11.9. The van der Waals surface area contributed by atoms with Crippen LogP contribution in [0.15, 0.2) is 42.5 Å². The molecule has 0 bridgehead atoms. The van der Waals surface area contributed by atoms with Gasteiger partial charge in [-0.1, -0.05) is 37.3 Å². The van der Waals surface area contributed by atoms with E-state index < -0.39 is 0 Å². The molecular weight excluding hydrogens is 253 g/mol. The van der Waals surface area contributed by atoms with Crippen LogP contribution in [0.2, 0.25) is 0 Å². The number of ether oxygens (including phenoxy) is 1. The van der Waals surface area contributed by atoms with E-state index in [1.54, 1.807) is 19.1 Å². The van der Waals surface area contributed by atoms with Crippen LogP contribution in [0.5, 0.6) is 5.75 Å². The molecule has 0 fully saturated rings. The summed E-state index contributed by atoms with van der Waals surface area (Å²) >= 11 is 0. The summed E-state index contributed by atoms with van der Waals surface area (Å²) in [5.41, 5.74) is 2.94. The second-order valence-electron chi connectivity index (χ2n) is 4.80. The van der Waals surface area contributed by atoms with Crippen LogP contribution in [0.25, 0.3) is 0 Å². The molecule has 2 rings (SSSR count). The van der Waals surface area contributed by atoms with Gasteiger partial charge in [-0.25, -0.2) is 4.39 Å². The van der Waals surface area contributed by atoms with Crippen molar-refractivity contribution in [2.24, 2.45) is 0 Å². The van der Waals surface area contributed by atoms with Crippen LogP contribution in [0.4, 0.5) is 4.39 Å². The van der Waals surface area contributed by atoms with Crippen LogP contribution in [0.1, 0.15) is 23.6 Å². The number of nitrogens with one attached hydrogen (secondary N) is 1. The zero-order chi connectivity index (χ0) is 14.4. The minimum Gasteiger partial charge on any atom is -0.489 e. The average Bonchev–Trinajstić information content (AvgIpc) is 2.47. The molecule has 0 aliphatic heterocycles. The largest absolute Gasteiger partial charge is 0.489 e.